The first kappa shape index (κ1) is 17.1. The van der Waals surface area contributed by atoms with Crippen molar-refractivity contribution in [1.82, 2.24) is 0 Å². The second-order valence-corrected chi connectivity index (χ2v) is 6.39. The highest BCUT2D eigenvalue weighted by Gasteiger charge is 2.28. The summed E-state index contributed by atoms with van der Waals surface area (Å²) in [6, 6.07) is 8.54. The minimum atomic E-state index is -0.861. The average Bonchev–Trinajstić information content (AvgIpc) is 2.38. The standard InChI is InChI=1S/C16H25NO2S/c1-4-19-15(18)16(3,17)9-6-10-20-12-14-8-5-7-13(2)11-14/h5,7-8,11H,4,6,9-10,12,17H2,1-3H3. The van der Waals surface area contributed by atoms with E-state index in [0.29, 0.717) is 13.0 Å². The smallest absolute Gasteiger partial charge is 0.325 e. The molecular weight excluding hydrogens is 270 g/mol. The molecule has 1 aromatic carbocycles. The van der Waals surface area contributed by atoms with Crippen molar-refractivity contribution in [3.63, 3.8) is 0 Å². The molecule has 0 aromatic heterocycles. The highest BCUT2D eigenvalue weighted by Crippen LogP contribution is 2.18. The Balaban J connectivity index is 2.23. The van der Waals surface area contributed by atoms with Gasteiger partial charge < -0.3 is 10.5 Å². The lowest BCUT2D eigenvalue weighted by Gasteiger charge is -2.21. The largest absolute Gasteiger partial charge is 0.465 e. The van der Waals surface area contributed by atoms with Crippen molar-refractivity contribution in [2.45, 2.75) is 44.9 Å². The third-order valence-corrected chi connectivity index (χ3v) is 4.19. The van der Waals surface area contributed by atoms with Gasteiger partial charge >= 0.3 is 5.97 Å². The number of nitrogens with two attached hydrogens (primary N) is 1. The van der Waals surface area contributed by atoms with E-state index in [2.05, 4.69) is 31.2 Å². The van der Waals surface area contributed by atoms with Gasteiger partial charge in [0.25, 0.3) is 0 Å². The number of rotatable bonds is 8. The number of thioether (sulfide) groups is 1. The number of carbonyl (C=O) groups excluding carboxylic acids is 1. The summed E-state index contributed by atoms with van der Waals surface area (Å²) in [7, 11) is 0. The Morgan fingerprint density at radius 2 is 2.20 bits per heavy atom. The van der Waals surface area contributed by atoms with Crippen LogP contribution in [0.2, 0.25) is 0 Å². The number of aryl methyl sites for hydroxylation is 1. The van der Waals surface area contributed by atoms with Crippen LogP contribution in [0, 0.1) is 6.92 Å². The summed E-state index contributed by atoms with van der Waals surface area (Å²) in [4.78, 5) is 11.6. The Hall–Kier alpha value is -1.00. The maximum absolute atomic E-state index is 11.6. The van der Waals surface area contributed by atoms with Crippen LogP contribution in [0.25, 0.3) is 0 Å². The molecule has 3 nitrogen and oxygen atoms in total. The minimum Gasteiger partial charge on any atom is -0.465 e. The fraction of sp³-hybridized carbons (Fsp3) is 0.562. The Morgan fingerprint density at radius 1 is 1.45 bits per heavy atom. The summed E-state index contributed by atoms with van der Waals surface area (Å²) < 4.78 is 4.98. The molecule has 0 spiro atoms. The molecule has 0 aliphatic heterocycles. The number of carbonyl (C=O) groups is 1. The van der Waals surface area contributed by atoms with E-state index in [1.807, 2.05) is 11.8 Å². The van der Waals surface area contributed by atoms with E-state index in [-0.39, 0.29) is 5.97 Å². The Kier molecular flexibility index (Phi) is 7.10. The van der Waals surface area contributed by atoms with E-state index in [1.165, 1.54) is 11.1 Å². The van der Waals surface area contributed by atoms with Crippen molar-refractivity contribution >= 4 is 17.7 Å². The zero-order valence-corrected chi connectivity index (χ0v) is 13.5. The molecular formula is C16H25NO2S. The van der Waals surface area contributed by atoms with Gasteiger partial charge in [0.1, 0.15) is 5.54 Å². The first-order valence-electron chi connectivity index (χ1n) is 7.05. The molecule has 0 aliphatic carbocycles. The van der Waals surface area contributed by atoms with Crippen molar-refractivity contribution in [2.75, 3.05) is 12.4 Å². The zero-order valence-electron chi connectivity index (χ0n) is 12.6. The molecule has 2 N–H and O–H groups in total. The molecule has 112 valence electrons. The first-order chi connectivity index (χ1) is 9.45. The Labute approximate surface area is 126 Å². The lowest BCUT2D eigenvalue weighted by Crippen LogP contribution is -2.46. The minimum absolute atomic E-state index is 0.302. The molecule has 4 heteroatoms. The van der Waals surface area contributed by atoms with Gasteiger partial charge in [-0.25, -0.2) is 0 Å². The molecule has 0 radical (unpaired) electrons. The predicted molar refractivity (Wildman–Crippen MR) is 85.8 cm³/mol. The van der Waals surface area contributed by atoms with Crippen LogP contribution in [0.4, 0.5) is 0 Å². The summed E-state index contributed by atoms with van der Waals surface area (Å²) >= 11 is 1.87. The second-order valence-electron chi connectivity index (χ2n) is 5.28. The van der Waals surface area contributed by atoms with Crippen LogP contribution in [-0.2, 0) is 15.3 Å². The van der Waals surface area contributed by atoms with Gasteiger partial charge in [-0.1, -0.05) is 29.8 Å². The van der Waals surface area contributed by atoms with E-state index in [0.717, 1.165) is 17.9 Å². The van der Waals surface area contributed by atoms with E-state index < -0.39 is 5.54 Å². The second kappa shape index (κ2) is 8.32. The van der Waals surface area contributed by atoms with Crippen LogP contribution in [-0.4, -0.2) is 23.9 Å². The van der Waals surface area contributed by atoms with E-state index in [1.54, 1.807) is 13.8 Å². The maximum Gasteiger partial charge on any atom is 0.325 e. The fourth-order valence-electron chi connectivity index (χ4n) is 1.93. The van der Waals surface area contributed by atoms with Gasteiger partial charge in [0.2, 0.25) is 0 Å². The molecule has 0 heterocycles. The highest BCUT2D eigenvalue weighted by atomic mass is 32.2. The molecule has 20 heavy (non-hydrogen) atoms. The topological polar surface area (TPSA) is 52.3 Å². The van der Waals surface area contributed by atoms with Crippen molar-refractivity contribution in [2.24, 2.45) is 5.73 Å². The molecule has 0 bridgehead atoms. The SMILES string of the molecule is CCOC(=O)C(C)(N)CCCSCc1cccc(C)c1. The fourth-order valence-corrected chi connectivity index (χ4v) is 2.84. The summed E-state index contributed by atoms with van der Waals surface area (Å²) in [6.45, 7) is 6.03. The van der Waals surface area contributed by atoms with Gasteiger partial charge in [-0.2, -0.15) is 11.8 Å². The van der Waals surface area contributed by atoms with Crippen LogP contribution in [0.15, 0.2) is 24.3 Å². The molecule has 1 atom stereocenters. The molecule has 0 fully saturated rings. The number of benzene rings is 1. The normalized spacial score (nSPS) is 13.8. The Bertz CT molecular complexity index is 432. The van der Waals surface area contributed by atoms with Crippen LogP contribution >= 0.6 is 11.8 Å². The van der Waals surface area contributed by atoms with Crippen LogP contribution in [0.1, 0.15) is 37.8 Å². The molecule has 0 aliphatic rings. The number of ether oxygens (including phenoxy) is 1. The van der Waals surface area contributed by atoms with Crippen molar-refractivity contribution in [3.8, 4) is 0 Å². The third kappa shape index (κ3) is 5.97. The summed E-state index contributed by atoms with van der Waals surface area (Å²) in [5.74, 6) is 1.70. The van der Waals surface area contributed by atoms with Gasteiger partial charge in [0, 0.05) is 5.75 Å². The maximum atomic E-state index is 11.6. The molecule has 0 saturated heterocycles. The van der Waals surface area contributed by atoms with Gasteiger partial charge in [-0.15, -0.1) is 0 Å². The first-order valence-corrected chi connectivity index (χ1v) is 8.20. The Morgan fingerprint density at radius 3 is 2.85 bits per heavy atom. The molecule has 1 rings (SSSR count). The number of hydrogen-bond acceptors (Lipinski definition) is 4. The lowest BCUT2D eigenvalue weighted by molar-refractivity contribution is -0.149. The van der Waals surface area contributed by atoms with Crippen molar-refractivity contribution < 1.29 is 9.53 Å². The number of esters is 1. The monoisotopic (exact) mass is 295 g/mol. The van der Waals surface area contributed by atoms with Crippen LogP contribution in [0.3, 0.4) is 0 Å². The molecule has 0 saturated carbocycles. The van der Waals surface area contributed by atoms with Gasteiger partial charge in [0.15, 0.2) is 0 Å². The zero-order chi connectivity index (χ0) is 15.0. The van der Waals surface area contributed by atoms with Crippen LogP contribution in [0.5, 0.6) is 0 Å². The van der Waals surface area contributed by atoms with E-state index in [4.69, 9.17) is 10.5 Å². The van der Waals surface area contributed by atoms with Gasteiger partial charge in [-0.05, 0) is 44.9 Å². The van der Waals surface area contributed by atoms with E-state index in [9.17, 15) is 4.79 Å². The lowest BCUT2D eigenvalue weighted by atomic mass is 9.98. The van der Waals surface area contributed by atoms with Crippen molar-refractivity contribution in [1.29, 1.82) is 0 Å². The van der Waals surface area contributed by atoms with E-state index >= 15 is 0 Å². The molecule has 0 amide bonds. The highest BCUT2D eigenvalue weighted by molar-refractivity contribution is 7.98. The summed E-state index contributed by atoms with van der Waals surface area (Å²) in [6.07, 6.45) is 1.58. The van der Waals surface area contributed by atoms with Gasteiger partial charge in [-0.3, -0.25) is 4.79 Å². The quantitative estimate of drug-likeness (QED) is 0.590. The third-order valence-electron chi connectivity index (χ3n) is 3.08. The average molecular weight is 295 g/mol. The molecule has 1 aromatic rings. The van der Waals surface area contributed by atoms with Crippen LogP contribution < -0.4 is 5.73 Å². The van der Waals surface area contributed by atoms with Crippen molar-refractivity contribution in [3.05, 3.63) is 35.4 Å². The summed E-state index contributed by atoms with van der Waals surface area (Å²) in [5, 5.41) is 0. The molecule has 1 unspecified atom stereocenters. The predicted octanol–water partition coefficient (Wildman–Crippen LogP) is 3.29. The summed E-state index contributed by atoms with van der Waals surface area (Å²) in [5.41, 5.74) is 7.75. The number of hydrogen-bond donors (Lipinski definition) is 1. The van der Waals surface area contributed by atoms with Gasteiger partial charge in [0.05, 0.1) is 6.61 Å².